The number of rotatable bonds is 4. The van der Waals surface area contributed by atoms with E-state index >= 15 is 0 Å². The molecule has 0 fully saturated rings. The Kier molecular flexibility index (Phi) is 5.19. The number of halogens is 2. The van der Waals surface area contributed by atoms with Gasteiger partial charge >= 0.3 is 11.9 Å². The standard InChI is InChI=1S/C12H10Cl2O4/c1-3-4-18-11(15)7-5-8(13)10(9(14)6-7)12(16)17-2/h3,5-6H,1,4H2,2H3. The van der Waals surface area contributed by atoms with Gasteiger partial charge in [-0.15, -0.1) is 0 Å². The van der Waals surface area contributed by atoms with Gasteiger partial charge in [0.25, 0.3) is 0 Å². The number of carbonyl (C=O) groups is 2. The first-order chi connectivity index (χ1) is 8.51. The van der Waals surface area contributed by atoms with Gasteiger partial charge in [-0.25, -0.2) is 9.59 Å². The van der Waals surface area contributed by atoms with Gasteiger partial charge < -0.3 is 9.47 Å². The molecule has 0 atom stereocenters. The summed E-state index contributed by atoms with van der Waals surface area (Å²) in [7, 11) is 1.21. The minimum absolute atomic E-state index is 0.0149. The lowest BCUT2D eigenvalue weighted by atomic mass is 10.1. The van der Waals surface area contributed by atoms with Crippen LogP contribution in [0.25, 0.3) is 0 Å². The second-order valence-electron chi connectivity index (χ2n) is 3.19. The first kappa shape index (κ1) is 14.5. The Morgan fingerprint density at radius 3 is 2.28 bits per heavy atom. The normalized spacial score (nSPS) is 9.72. The zero-order valence-corrected chi connectivity index (χ0v) is 11.0. The molecule has 0 aliphatic carbocycles. The molecular weight excluding hydrogens is 279 g/mol. The van der Waals surface area contributed by atoms with Crippen molar-refractivity contribution in [3.05, 3.63) is 46.0 Å². The highest BCUT2D eigenvalue weighted by molar-refractivity contribution is 6.39. The van der Waals surface area contributed by atoms with Crippen LogP contribution < -0.4 is 0 Å². The Morgan fingerprint density at radius 2 is 1.83 bits per heavy atom. The number of hydrogen-bond donors (Lipinski definition) is 0. The molecule has 6 heteroatoms. The maximum atomic E-state index is 11.6. The Morgan fingerprint density at radius 1 is 1.28 bits per heavy atom. The molecule has 0 bridgehead atoms. The van der Waals surface area contributed by atoms with Crippen molar-refractivity contribution < 1.29 is 19.1 Å². The molecule has 0 saturated heterocycles. The molecule has 0 amide bonds. The van der Waals surface area contributed by atoms with Crippen molar-refractivity contribution in [2.45, 2.75) is 0 Å². The van der Waals surface area contributed by atoms with Gasteiger partial charge in [0.05, 0.1) is 28.3 Å². The molecule has 0 unspecified atom stereocenters. The van der Waals surface area contributed by atoms with E-state index in [-0.39, 0.29) is 27.8 Å². The Bertz CT molecular complexity index is 474. The molecule has 0 heterocycles. The highest BCUT2D eigenvalue weighted by atomic mass is 35.5. The fraction of sp³-hybridized carbons (Fsp3) is 0.167. The second-order valence-corrected chi connectivity index (χ2v) is 4.01. The summed E-state index contributed by atoms with van der Waals surface area (Å²) in [5.74, 6) is -1.27. The summed E-state index contributed by atoms with van der Waals surface area (Å²) in [5.41, 5.74) is 0.167. The Labute approximate surface area is 114 Å². The topological polar surface area (TPSA) is 52.6 Å². The van der Waals surface area contributed by atoms with Crippen LogP contribution in [-0.4, -0.2) is 25.7 Å². The average Bonchev–Trinajstić information content (AvgIpc) is 2.34. The van der Waals surface area contributed by atoms with Crippen LogP contribution >= 0.6 is 23.2 Å². The van der Waals surface area contributed by atoms with E-state index in [2.05, 4.69) is 11.3 Å². The zero-order chi connectivity index (χ0) is 13.7. The second kappa shape index (κ2) is 6.42. The smallest absolute Gasteiger partial charge is 0.340 e. The van der Waals surface area contributed by atoms with Crippen molar-refractivity contribution in [3.63, 3.8) is 0 Å². The summed E-state index contributed by atoms with van der Waals surface area (Å²) in [6.07, 6.45) is 1.43. The third kappa shape index (κ3) is 3.24. The number of benzene rings is 1. The first-order valence-electron chi connectivity index (χ1n) is 4.86. The Balaban J connectivity index is 3.10. The van der Waals surface area contributed by atoms with Crippen LogP contribution in [0.4, 0.5) is 0 Å². The molecule has 4 nitrogen and oxygen atoms in total. The maximum Gasteiger partial charge on any atom is 0.340 e. The fourth-order valence-electron chi connectivity index (χ4n) is 1.21. The van der Waals surface area contributed by atoms with Crippen LogP contribution in [0.1, 0.15) is 20.7 Å². The Hall–Kier alpha value is -1.52. The van der Waals surface area contributed by atoms with Gasteiger partial charge in [-0.05, 0) is 12.1 Å². The van der Waals surface area contributed by atoms with Crippen LogP contribution in [0.2, 0.25) is 10.0 Å². The minimum atomic E-state index is -0.670. The molecule has 0 N–H and O–H groups in total. The molecule has 0 aliphatic heterocycles. The molecule has 0 aromatic heterocycles. The lowest BCUT2D eigenvalue weighted by Gasteiger charge is -2.08. The van der Waals surface area contributed by atoms with E-state index in [0.29, 0.717) is 0 Å². The summed E-state index contributed by atoms with van der Waals surface area (Å²) in [6, 6.07) is 2.59. The van der Waals surface area contributed by atoms with Gasteiger partial charge in [0.1, 0.15) is 6.61 Å². The van der Waals surface area contributed by atoms with Crippen molar-refractivity contribution in [2.75, 3.05) is 13.7 Å². The number of hydrogen-bond acceptors (Lipinski definition) is 4. The fourth-order valence-corrected chi connectivity index (χ4v) is 1.85. The number of carbonyl (C=O) groups excluding carboxylic acids is 2. The lowest BCUT2D eigenvalue weighted by Crippen LogP contribution is -2.08. The van der Waals surface area contributed by atoms with Crippen LogP contribution in [0.15, 0.2) is 24.8 Å². The van der Waals surface area contributed by atoms with Gasteiger partial charge in [-0.2, -0.15) is 0 Å². The lowest BCUT2D eigenvalue weighted by molar-refractivity contribution is 0.0546. The largest absolute Gasteiger partial charge is 0.465 e. The van der Waals surface area contributed by atoms with Crippen molar-refractivity contribution >= 4 is 35.1 Å². The van der Waals surface area contributed by atoms with E-state index in [1.54, 1.807) is 0 Å². The number of ether oxygens (including phenoxy) is 2. The summed E-state index contributed by atoms with van der Waals surface area (Å²) in [5, 5.41) is 0.0554. The average molecular weight is 289 g/mol. The minimum Gasteiger partial charge on any atom is -0.465 e. The monoisotopic (exact) mass is 288 g/mol. The van der Waals surface area contributed by atoms with E-state index in [9.17, 15) is 9.59 Å². The summed E-state index contributed by atoms with van der Waals surface area (Å²) in [6.45, 7) is 3.50. The highest BCUT2D eigenvalue weighted by Gasteiger charge is 2.19. The summed E-state index contributed by atoms with van der Waals surface area (Å²) < 4.78 is 9.35. The predicted octanol–water partition coefficient (Wildman–Crippen LogP) is 3.12. The van der Waals surface area contributed by atoms with Gasteiger partial charge in [0.15, 0.2) is 0 Å². The maximum absolute atomic E-state index is 11.6. The van der Waals surface area contributed by atoms with E-state index in [4.69, 9.17) is 27.9 Å². The van der Waals surface area contributed by atoms with Crippen molar-refractivity contribution in [2.24, 2.45) is 0 Å². The highest BCUT2D eigenvalue weighted by Crippen LogP contribution is 2.27. The van der Waals surface area contributed by atoms with Gasteiger partial charge in [-0.3, -0.25) is 0 Å². The molecule has 96 valence electrons. The summed E-state index contributed by atoms with van der Waals surface area (Å²) >= 11 is 11.7. The molecule has 0 aliphatic rings. The summed E-state index contributed by atoms with van der Waals surface area (Å²) in [4.78, 5) is 22.9. The van der Waals surface area contributed by atoms with E-state index in [0.717, 1.165) is 0 Å². The van der Waals surface area contributed by atoms with Crippen molar-refractivity contribution in [1.29, 1.82) is 0 Å². The zero-order valence-electron chi connectivity index (χ0n) is 9.54. The third-order valence-electron chi connectivity index (χ3n) is 2.00. The van der Waals surface area contributed by atoms with Crippen LogP contribution in [0, 0.1) is 0 Å². The van der Waals surface area contributed by atoms with E-state index < -0.39 is 11.9 Å². The molecule has 1 aromatic carbocycles. The quantitative estimate of drug-likeness (QED) is 0.631. The van der Waals surface area contributed by atoms with E-state index in [1.807, 2.05) is 0 Å². The van der Waals surface area contributed by atoms with Gasteiger partial charge in [-0.1, -0.05) is 35.9 Å². The molecular formula is C12H10Cl2O4. The van der Waals surface area contributed by atoms with Crippen LogP contribution in [-0.2, 0) is 9.47 Å². The molecule has 0 spiro atoms. The predicted molar refractivity (Wildman–Crippen MR) is 68.3 cm³/mol. The molecule has 0 saturated carbocycles. The molecule has 1 aromatic rings. The van der Waals surface area contributed by atoms with Gasteiger partial charge in [0.2, 0.25) is 0 Å². The van der Waals surface area contributed by atoms with E-state index in [1.165, 1.54) is 25.3 Å². The number of methoxy groups -OCH3 is 1. The number of esters is 2. The van der Waals surface area contributed by atoms with Crippen molar-refractivity contribution in [1.82, 2.24) is 0 Å². The first-order valence-corrected chi connectivity index (χ1v) is 5.62. The van der Waals surface area contributed by atoms with Crippen molar-refractivity contribution in [3.8, 4) is 0 Å². The van der Waals surface area contributed by atoms with Crippen LogP contribution in [0.3, 0.4) is 0 Å². The third-order valence-corrected chi connectivity index (χ3v) is 2.60. The molecule has 18 heavy (non-hydrogen) atoms. The molecule has 0 radical (unpaired) electrons. The van der Waals surface area contributed by atoms with Gasteiger partial charge in [0, 0.05) is 0 Å². The van der Waals surface area contributed by atoms with Crippen LogP contribution in [0.5, 0.6) is 0 Å². The SMILES string of the molecule is C=CCOC(=O)c1cc(Cl)c(C(=O)OC)c(Cl)c1. The molecule has 1 rings (SSSR count).